The Hall–Kier alpha value is -1.14. The van der Waals surface area contributed by atoms with Gasteiger partial charge in [-0.25, -0.2) is 13.2 Å². The summed E-state index contributed by atoms with van der Waals surface area (Å²) in [4.78, 5) is 12.1. The first kappa shape index (κ1) is 15.3. The molecule has 0 atom stereocenters. The summed E-state index contributed by atoms with van der Waals surface area (Å²) in [6.45, 7) is 0. The van der Waals surface area contributed by atoms with Gasteiger partial charge in [0.1, 0.15) is 5.82 Å². The maximum absolute atomic E-state index is 13.4. The Kier molecular flexibility index (Phi) is 4.65. The molecule has 0 heterocycles. The summed E-state index contributed by atoms with van der Waals surface area (Å²) in [5.74, 6) is -3.07. The molecule has 2 aromatic rings. The zero-order valence-corrected chi connectivity index (χ0v) is 13.1. The number of hydrogen-bond acceptors (Lipinski definition) is 1. The Balaban J connectivity index is 2.31. The Bertz CT molecular complexity index is 666. The lowest BCUT2D eigenvalue weighted by Crippen LogP contribution is -2.06. The van der Waals surface area contributed by atoms with E-state index in [2.05, 4.69) is 31.9 Å². The minimum Gasteiger partial charge on any atom is -0.294 e. The van der Waals surface area contributed by atoms with Crippen LogP contribution in [-0.2, 0) is 6.42 Å². The molecule has 0 bridgehead atoms. The van der Waals surface area contributed by atoms with Crippen molar-refractivity contribution in [2.75, 3.05) is 0 Å². The van der Waals surface area contributed by atoms with Gasteiger partial charge in [-0.3, -0.25) is 4.79 Å². The van der Waals surface area contributed by atoms with Crippen molar-refractivity contribution in [2.24, 2.45) is 0 Å². The number of ketones is 1. The predicted octanol–water partition coefficient (Wildman–Crippen LogP) is 5.05. The molecule has 0 spiro atoms. The number of Topliss-reactive ketones (excluding diaryl/α,β-unsaturated/α-hetero) is 1. The molecule has 0 radical (unpaired) electrons. The highest BCUT2D eigenvalue weighted by atomic mass is 79.9. The average molecular weight is 408 g/mol. The lowest BCUT2D eigenvalue weighted by molar-refractivity contribution is 0.0991. The lowest BCUT2D eigenvalue weighted by atomic mass is 10.0. The van der Waals surface area contributed by atoms with Crippen LogP contribution in [0.3, 0.4) is 0 Å². The van der Waals surface area contributed by atoms with E-state index in [4.69, 9.17) is 0 Å². The van der Waals surface area contributed by atoms with Crippen LogP contribution in [0.15, 0.2) is 39.3 Å². The number of carbonyl (C=O) groups excluding carboxylic acids is 1. The first-order valence-electron chi connectivity index (χ1n) is 5.50. The van der Waals surface area contributed by atoms with Gasteiger partial charge in [-0.1, -0.05) is 15.9 Å². The van der Waals surface area contributed by atoms with Gasteiger partial charge in [0.15, 0.2) is 17.4 Å². The van der Waals surface area contributed by atoms with Crippen molar-refractivity contribution in [1.82, 2.24) is 0 Å². The van der Waals surface area contributed by atoms with Gasteiger partial charge in [0.25, 0.3) is 0 Å². The Morgan fingerprint density at radius 1 is 1.05 bits per heavy atom. The van der Waals surface area contributed by atoms with E-state index in [0.717, 1.165) is 6.07 Å². The molecule has 2 rings (SSSR count). The smallest absolute Gasteiger partial charge is 0.173 e. The van der Waals surface area contributed by atoms with E-state index in [1.165, 1.54) is 18.2 Å². The van der Waals surface area contributed by atoms with Gasteiger partial charge < -0.3 is 0 Å². The van der Waals surface area contributed by atoms with E-state index < -0.39 is 23.2 Å². The number of halogens is 5. The monoisotopic (exact) mass is 406 g/mol. The van der Waals surface area contributed by atoms with Crippen molar-refractivity contribution in [3.05, 3.63) is 67.9 Å². The molecule has 104 valence electrons. The molecule has 2 aromatic carbocycles. The molecule has 0 saturated carbocycles. The minimum absolute atomic E-state index is 0.0179. The summed E-state index contributed by atoms with van der Waals surface area (Å²) in [5, 5.41) is 0. The maximum atomic E-state index is 13.4. The third-order valence-electron chi connectivity index (χ3n) is 2.62. The molecule has 1 nitrogen and oxygen atoms in total. The van der Waals surface area contributed by atoms with Gasteiger partial charge in [-0.05, 0) is 51.8 Å². The van der Waals surface area contributed by atoms with Gasteiger partial charge in [0.05, 0.1) is 4.47 Å². The molecule has 20 heavy (non-hydrogen) atoms. The second kappa shape index (κ2) is 6.10. The summed E-state index contributed by atoms with van der Waals surface area (Å²) < 4.78 is 39.9. The normalized spacial score (nSPS) is 10.7. The zero-order chi connectivity index (χ0) is 14.9. The number of hydrogen-bond donors (Lipinski definition) is 0. The Morgan fingerprint density at radius 3 is 2.40 bits per heavy atom. The third kappa shape index (κ3) is 3.30. The molecule has 0 aromatic heterocycles. The van der Waals surface area contributed by atoms with Crippen molar-refractivity contribution in [2.45, 2.75) is 6.42 Å². The fraction of sp³-hybridized carbons (Fsp3) is 0.0714. The molecular weight excluding hydrogens is 401 g/mol. The van der Waals surface area contributed by atoms with E-state index in [-0.39, 0.29) is 16.5 Å². The standard InChI is InChI=1S/C14H7Br2F3O/c15-8-3-7(4-9(17)6-8)5-12(20)10-1-2-11(18)14(19)13(10)16/h1-4,6H,5H2. The van der Waals surface area contributed by atoms with Crippen LogP contribution in [0, 0.1) is 17.5 Å². The topological polar surface area (TPSA) is 17.1 Å². The van der Waals surface area contributed by atoms with E-state index >= 15 is 0 Å². The summed E-state index contributed by atoms with van der Waals surface area (Å²) in [7, 11) is 0. The van der Waals surface area contributed by atoms with Crippen LogP contribution < -0.4 is 0 Å². The van der Waals surface area contributed by atoms with E-state index in [1.807, 2.05) is 0 Å². The van der Waals surface area contributed by atoms with Crippen LogP contribution in [0.1, 0.15) is 15.9 Å². The zero-order valence-electron chi connectivity index (χ0n) is 9.89. The first-order valence-corrected chi connectivity index (χ1v) is 7.08. The molecule has 0 amide bonds. The molecular formula is C14H7Br2F3O. The first-order chi connectivity index (χ1) is 9.38. The van der Waals surface area contributed by atoms with E-state index in [0.29, 0.717) is 10.0 Å². The van der Waals surface area contributed by atoms with Gasteiger partial charge in [-0.2, -0.15) is 0 Å². The molecule has 0 saturated heterocycles. The second-order valence-corrected chi connectivity index (χ2v) is 5.81. The van der Waals surface area contributed by atoms with E-state index in [1.54, 1.807) is 6.07 Å². The molecule has 0 fully saturated rings. The third-order valence-corrected chi connectivity index (χ3v) is 3.86. The highest BCUT2D eigenvalue weighted by Gasteiger charge is 2.17. The van der Waals surface area contributed by atoms with Crippen LogP contribution in [0.25, 0.3) is 0 Å². The fourth-order valence-corrected chi connectivity index (χ4v) is 2.79. The highest BCUT2D eigenvalue weighted by Crippen LogP contribution is 2.25. The van der Waals surface area contributed by atoms with Crippen molar-refractivity contribution in [1.29, 1.82) is 0 Å². The van der Waals surface area contributed by atoms with Gasteiger partial charge in [-0.15, -0.1) is 0 Å². The summed E-state index contributed by atoms with van der Waals surface area (Å²) >= 11 is 5.98. The minimum atomic E-state index is -1.11. The van der Waals surface area contributed by atoms with Crippen molar-refractivity contribution < 1.29 is 18.0 Å². The van der Waals surface area contributed by atoms with Gasteiger partial charge in [0, 0.05) is 16.5 Å². The summed E-state index contributed by atoms with van der Waals surface area (Å²) in [6, 6.07) is 6.15. The Morgan fingerprint density at radius 2 is 1.75 bits per heavy atom. The summed E-state index contributed by atoms with van der Waals surface area (Å²) in [5.41, 5.74) is 0.461. The molecule has 6 heteroatoms. The van der Waals surface area contributed by atoms with Crippen LogP contribution in [-0.4, -0.2) is 5.78 Å². The van der Waals surface area contributed by atoms with Crippen LogP contribution in [0.2, 0.25) is 0 Å². The number of carbonyl (C=O) groups is 1. The largest absolute Gasteiger partial charge is 0.294 e. The van der Waals surface area contributed by atoms with Crippen molar-refractivity contribution in [3.63, 3.8) is 0 Å². The predicted molar refractivity (Wildman–Crippen MR) is 76.2 cm³/mol. The quantitative estimate of drug-likeness (QED) is 0.513. The molecule has 0 N–H and O–H groups in total. The SMILES string of the molecule is O=C(Cc1cc(F)cc(Br)c1)c1ccc(F)c(F)c1Br. The fourth-order valence-electron chi connectivity index (χ4n) is 1.73. The highest BCUT2D eigenvalue weighted by molar-refractivity contribution is 9.10. The second-order valence-electron chi connectivity index (χ2n) is 4.10. The molecule has 0 aliphatic rings. The van der Waals surface area contributed by atoms with Crippen LogP contribution in [0.4, 0.5) is 13.2 Å². The van der Waals surface area contributed by atoms with Gasteiger partial charge >= 0.3 is 0 Å². The average Bonchev–Trinajstić information content (AvgIpc) is 2.34. The number of benzene rings is 2. The summed E-state index contributed by atoms with van der Waals surface area (Å²) in [6.07, 6.45) is -0.111. The molecule has 0 aliphatic heterocycles. The number of rotatable bonds is 3. The maximum Gasteiger partial charge on any atom is 0.173 e. The van der Waals surface area contributed by atoms with Gasteiger partial charge in [0.2, 0.25) is 0 Å². The molecule has 0 aliphatic carbocycles. The van der Waals surface area contributed by atoms with Crippen molar-refractivity contribution >= 4 is 37.6 Å². The van der Waals surface area contributed by atoms with Crippen LogP contribution in [0.5, 0.6) is 0 Å². The lowest BCUT2D eigenvalue weighted by Gasteiger charge is -2.06. The van der Waals surface area contributed by atoms with Crippen molar-refractivity contribution in [3.8, 4) is 0 Å². The van der Waals surface area contributed by atoms with Crippen LogP contribution >= 0.6 is 31.9 Å². The van der Waals surface area contributed by atoms with E-state index in [9.17, 15) is 18.0 Å². The molecule has 0 unspecified atom stereocenters. The Labute approximate surface area is 130 Å².